The van der Waals surface area contributed by atoms with Crippen LogP contribution in [0.1, 0.15) is 160 Å². The molecule has 0 heterocycles. The standard InChI is InChI=1S/3C15H27O.Al/c3*1-9(2)7-12-13(8-10(3)4)14(12)15(16)11-5-6-11;/h3*9-15H,5-8H2,1-4H3;/q3*-1;+3. The third-order valence-electron chi connectivity index (χ3n) is 13.9. The lowest BCUT2D eigenvalue weighted by atomic mass is 10.0. The molecule has 4 heteroatoms. The number of hydrogen-bond donors (Lipinski definition) is 0. The van der Waals surface area contributed by atoms with Crippen molar-refractivity contribution in [3.63, 3.8) is 0 Å². The monoisotopic (exact) mass is 697 g/mol. The van der Waals surface area contributed by atoms with Crippen LogP contribution in [0, 0.1) is 107 Å². The molecule has 282 valence electrons. The van der Waals surface area contributed by atoms with Crippen LogP contribution in [0.15, 0.2) is 0 Å². The molecule has 6 rings (SSSR count). The third kappa shape index (κ3) is 10.6. The average Bonchev–Trinajstić information content (AvgIpc) is 3.74. The molecule has 9 atom stereocenters. The molecule has 0 saturated heterocycles. The van der Waals surface area contributed by atoms with E-state index in [0.717, 1.165) is 107 Å². The van der Waals surface area contributed by atoms with E-state index in [9.17, 15) is 0 Å². The van der Waals surface area contributed by atoms with Crippen LogP contribution in [0.25, 0.3) is 0 Å². The molecule has 0 aromatic rings. The highest BCUT2D eigenvalue weighted by Crippen LogP contribution is 2.63. The molecule has 6 aliphatic carbocycles. The Labute approximate surface area is 310 Å². The lowest BCUT2D eigenvalue weighted by Gasteiger charge is -2.30. The van der Waals surface area contributed by atoms with Gasteiger partial charge in [-0.25, -0.2) is 0 Å². The van der Waals surface area contributed by atoms with Crippen LogP contribution in [-0.2, 0) is 11.4 Å². The second-order valence-electron chi connectivity index (χ2n) is 21.6. The van der Waals surface area contributed by atoms with Gasteiger partial charge in [-0.3, -0.25) is 0 Å². The SMILES string of the molecule is CC(C)CC1C(CC(C)C)C1C([O][Al]([O]C(C1CC1)C1C(CC(C)C)C1CC(C)C)[O]C(C1CC1)C1C(CC(C)C)C1CC(C)C)C1CC1. The van der Waals surface area contributed by atoms with Gasteiger partial charge in [-0.05, 0) is 184 Å². The Balaban J connectivity index is 1.26. The Morgan fingerprint density at radius 1 is 0.347 bits per heavy atom. The van der Waals surface area contributed by atoms with Crippen LogP contribution >= 0.6 is 0 Å². The summed E-state index contributed by atoms with van der Waals surface area (Å²) >= 11 is -2.38. The molecular formula is C45H81AlO3. The first kappa shape index (κ1) is 39.1. The van der Waals surface area contributed by atoms with Gasteiger partial charge in [0.2, 0.25) is 0 Å². The molecule has 0 spiro atoms. The van der Waals surface area contributed by atoms with Crippen LogP contribution in [0.2, 0.25) is 0 Å². The number of rotatable bonds is 24. The molecule has 0 bridgehead atoms. The van der Waals surface area contributed by atoms with Gasteiger partial charge in [-0.1, -0.05) is 83.1 Å². The van der Waals surface area contributed by atoms with E-state index in [4.69, 9.17) is 11.4 Å². The minimum Gasteiger partial charge on any atom is -0.451 e. The second kappa shape index (κ2) is 16.4. The molecule has 9 unspecified atom stereocenters. The third-order valence-corrected chi connectivity index (χ3v) is 15.5. The molecule has 0 radical (unpaired) electrons. The molecule has 0 aromatic heterocycles. The molecule has 6 aliphatic rings. The Hall–Kier alpha value is 0.412. The molecule has 0 aliphatic heterocycles. The molecular weight excluding hydrogens is 615 g/mol. The van der Waals surface area contributed by atoms with Crippen molar-refractivity contribution in [1.29, 1.82) is 0 Å². The van der Waals surface area contributed by atoms with Crippen molar-refractivity contribution in [1.82, 2.24) is 0 Å². The van der Waals surface area contributed by atoms with E-state index in [1.54, 1.807) is 0 Å². The van der Waals surface area contributed by atoms with Crippen molar-refractivity contribution in [3.8, 4) is 0 Å². The van der Waals surface area contributed by atoms with E-state index < -0.39 is 15.1 Å². The van der Waals surface area contributed by atoms with Gasteiger partial charge in [0, 0.05) is 18.3 Å². The lowest BCUT2D eigenvalue weighted by Crippen LogP contribution is -2.43. The quantitative estimate of drug-likeness (QED) is 0.0940. The van der Waals surface area contributed by atoms with Crippen LogP contribution in [0.5, 0.6) is 0 Å². The first-order chi connectivity index (χ1) is 23.2. The highest BCUT2D eigenvalue weighted by atomic mass is 27.3. The topological polar surface area (TPSA) is 27.7 Å². The Morgan fingerprint density at radius 3 is 0.673 bits per heavy atom. The molecule has 3 nitrogen and oxygen atoms in total. The Bertz CT molecular complexity index is 850. The van der Waals surface area contributed by atoms with Gasteiger partial charge < -0.3 is 11.4 Å². The summed E-state index contributed by atoms with van der Waals surface area (Å²) in [6, 6.07) is 0. The Kier molecular flexibility index (Phi) is 13.1. The minimum absolute atomic E-state index is 0.373. The van der Waals surface area contributed by atoms with E-state index in [-0.39, 0.29) is 0 Å². The lowest BCUT2D eigenvalue weighted by molar-refractivity contribution is -0.0293. The van der Waals surface area contributed by atoms with Gasteiger partial charge >= 0.3 is 15.1 Å². The van der Waals surface area contributed by atoms with E-state index >= 15 is 0 Å². The average molecular weight is 697 g/mol. The fraction of sp³-hybridized carbons (Fsp3) is 1.00. The zero-order valence-electron chi connectivity index (χ0n) is 34.4. The van der Waals surface area contributed by atoms with Crippen molar-refractivity contribution in [2.24, 2.45) is 107 Å². The van der Waals surface area contributed by atoms with Crippen molar-refractivity contribution < 1.29 is 11.4 Å². The van der Waals surface area contributed by atoms with E-state index in [2.05, 4.69) is 83.1 Å². The summed E-state index contributed by atoms with van der Waals surface area (Å²) in [5.74, 6) is 14.0. The van der Waals surface area contributed by atoms with Crippen LogP contribution in [0.3, 0.4) is 0 Å². The van der Waals surface area contributed by atoms with Crippen molar-refractivity contribution in [2.45, 2.75) is 178 Å². The maximum absolute atomic E-state index is 7.65. The normalized spacial score (nSPS) is 36.0. The summed E-state index contributed by atoms with van der Waals surface area (Å²) in [5.41, 5.74) is 0. The summed E-state index contributed by atoms with van der Waals surface area (Å²) < 4.78 is 23.0. The number of hydrogen-bond acceptors (Lipinski definition) is 3. The summed E-state index contributed by atoms with van der Waals surface area (Å²) in [6.45, 7) is 29.2. The van der Waals surface area contributed by atoms with Crippen LogP contribution < -0.4 is 0 Å². The summed E-state index contributed by atoms with van der Waals surface area (Å²) in [5, 5.41) is 0. The molecule has 49 heavy (non-hydrogen) atoms. The van der Waals surface area contributed by atoms with Gasteiger partial charge in [-0.15, -0.1) is 0 Å². The predicted octanol–water partition coefficient (Wildman–Crippen LogP) is 12.2. The largest absolute Gasteiger partial charge is 0.906 e. The maximum Gasteiger partial charge on any atom is 0.906 e. The first-order valence-electron chi connectivity index (χ1n) is 22.2. The van der Waals surface area contributed by atoms with Gasteiger partial charge in [0.15, 0.2) is 0 Å². The fourth-order valence-corrected chi connectivity index (χ4v) is 13.6. The predicted molar refractivity (Wildman–Crippen MR) is 207 cm³/mol. The van der Waals surface area contributed by atoms with Crippen molar-refractivity contribution >= 4 is 15.1 Å². The van der Waals surface area contributed by atoms with Gasteiger partial charge in [0.25, 0.3) is 0 Å². The zero-order chi connectivity index (χ0) is 35.3. The minimum atomic E-state index is -2.38. The highest BCUT2D eigenvalue weighted by molar-refractivity contribution is 6.36. The van der Waals surface area contributed by atoms with Crippen molar-refractivity contribution in [2.75, 3.05) is 0 Å². The smallest absolute Gasteiger partial charge is 0.451 e. The fourth-order valence-electron chi connectivity index (χ4n) is 11.4. The van der Waals surface area contributed by atoms with Gasteiger partial charge in [0.05, 0.1) is 0 Å². The Morgan fingerprint density at radius 2 is 0.531 bits per heavy atom. The van der Waals surface area contributed by atoms with Crippen LogP contribution in [0.4, 0.5) is 0 Å². The molecule has 6 saturated carbocycles. The second-order valence-corrected chi connectivity index (χ2v) is 23.0. The van der Waals surface area contributed by atoms with E-state index in [1.165, 1.54) is 77.0 Å². The molecule has 0 N–H and O–H groups in total. The summed E-state index contributed by atoms with van der Waals surface area (Å²) in [6.07, 6.45) is 17.4. The highest BCUT2D eigenvalue weighted by Gasteiger charge is 2.64. The zero-order valence-corrected chi connectivity index (χ0v) is 35.6. The molecule has 0 amide bonds. The van der Waals surface area contributed by atoms with E-state index in [0.29, 0.717) is 18.3 Å². The summed E-state index contributed by atoms with van der Waals surface area (Å²) in [7, 11) is 0. The molecule has 6 fully saturated rings. The van der Waals surface area contributed by atoms with E-state index in [1.807, 2.05) is 0 Å². The molecule has 0 aromatic carbocycles. The summed E-state index contributed by atoms with van der Waals surface area (Å²) in [4.78, 5) is 0. The van der Waals surface area contributed by atoms with Crippen LogP contribution in [-0.4, -0.2) is 33.5 Å². The first-order valence-corrected chi connectivity index (χ1v) is 23.6. The van der Waals surface area contributed by atoms with Gasteiger partial charge in [-0.2, -0.15) is 0 Å². The maximum atomic E-state index is 7.65. The van der Waals surface area contributed by atoms with Crippen molar-refractivity contribution in [3.05, 3.63) is 0 Å². The van der Waals surface area contributed by atoms with Gasteiger partial charge in [0.1, 0.15) is 0 Å².